The van der Waals surface area contributed by atoms with Gasteiger partial charge in [-0.2, -0.15) is 5.10 Å². The number of imidazole rings is 1. The number of benzene rings is 1. The van der Waals surface area contributed by atoms with Gasteiger partial charge in [-0.25, -0.2) is 14.4 Å². The highest BCUT2D eigenvalue weighted by atomic mass is 19.1. The van der Waals surface area contributed by atoms with E-state index in [0.29, 0.717) is 17.2 Å². The zero-order valence-electron chi connectivity index (χ0n) is 18.9. The maximum Gasteiger partial charge on any atom is 0.272 e. The predicted octanol–water partition coefficient (Wildman–Crippen LogP) is 4.58. The summed E-state index contributed by atoms with van der Waals surface area (Å²) < 4.78 is 18.1. The molecule has 0 aliphatic heterocycles. The summed E-state index contributed by atoms with van der Waals surface area (Å²) in [7, 11) is 1.82. The van der Waals surface area contributed by atoms with E-state index in [1.165, 1.54) is 25.0 Å². The van der Waals surface area contributed by atoms with Crippen molar-refractivity contribution < 1.29 is 9.18 Å². The molecule has 8 heteroatoms. The number of rotatable bonds is 6. The topological polar surface area (TPSA) is 77.6 Å². The molecule has 0 atom stereocenters. The molecule has 33 heavy (non-hydrogen) atoms. The molecule has 1 saturated carbocycles. The van der Waals surface area contributed by atoms with Crippen LogP contribution in [0, 0.1) is 5.82 Å². The number of nitrogens with one attached hydrogen (secondary N) is 1. The van der Waals surface area contributed by atoms with E-state index in [2.05, 4.69) is 26.9 Å². The first-order valence-electron chi connectivity index (χ1n) is 11.4. The molecule has 1 amide bonds. The Labute approximate surface area is 191 Å². The Kier molecular flexibility index (Phi) is 5.66. The molecule has 1 aromatic carbocycles. The van der Waals surface area contributed by atoms with Crippen molar-refractivity contribution in [2.75, 3.05) is 0 Å². The van der Waals surface area contributed by atoms with Gasteiger partial charge in [0.15, 0.2) is 5.69 Å². The van der Waals surface area contributed by atoms with E-state index in [0.717, 1.165) is 47.4 Å². The molecular weight excluding hydrogens is 419 g/mol. The van der Waals surface area contributed by atoms with E-state index >= 15 is 0 Å². The lowest BCUT2D eigenvalue weighted by Crippen LogP contribution is -2.25. The summed E-state index contributed by atoms with van der Waals surface area (Å²) in [5.41, 5.74) is 4.14. The minimum absolute atomic E-state index is 0.192. The fraction of sp³-hybridized carbons (Fsp3) is 0.360. The van der Waals surface area contributed by atoms with Crippen molar-refractivity contribution in [2.45, 2.75) is 51.6 Å². The van der Waals surface area contributed by atoms with Crippen LogP contribution in [-0.4, -0.2) is 30.2 Å². The zero-order chi connectivity index (χ0) is 22.9. The molecule has 1 aliphatic carbocycles. The van der Waals surface area contributed by atoms with Crippen molar-refractivity contribution in [3.05, 3.63) is 65.8 Å². The average Bonchev–Trinajstić information content (AvgIpc) is 3.55. The zero-order valence-corrected chi connectivity index (χ0v) is 18.9. The molecule has 170 valence electrons. The summed E-state index contributed by atoms with van der Waals surface area (Å²) in [6.45, 7) is 2.99. The molecule has 3 aromatic heterocycles. The number of aromatic nitrogens is 5. The van der Waals surface area contributed by atoms with Crippen LogP contribution in [0.1, 0.15) is 60.4 Å². The molecule has 0 radical (unpaired) electrons. The Morgan fingerprint density at radius 1 is 1.21 bits per heavy atom. The summed E-state index contributed by atoms with van der Waals surface area (Å²) >= 11 is 0. The molecule has 3 heterocycles. The van der Waals surface area contributed by atoms with Crippen LogP contribution in [0.25, 0.3) is 22.2 Å². The van der Waals surface area contributed by atoms with Crippen molar-refractivity contribution in [1.29, 1.82) is 0 Å². The third kappa shape index (κ3) is 4.13. The van der Waals surface area contributed by atoms with E-state index < -0.39 is 0 Å². The fourth-order valence-corrected chi connectivity index (χ4v) is 4.84. The van der Waals surface area contributed by atoms with Crippen LogP contribution in [0.5, 0.6) is 0 Å². The van der Waals surface area contributed by atoms with Gasteiger partial charge in [0.05, 0.1) is 17.2 Å². The molecule has 0 unspecified atom stereocenters. The largest absolute Gasteiger partial charge is 0.347 e. The lowest BCUT2D eigenvalue weighted by Gasteiger charge is -2.13. The van der Waals surface area contributed by atoms with Gasteiger partial charge in [0, 0.05) is 44.0 Å². The number of hydrogen-bond acceptors (Lipinski definition) is 4. The first-order valence-corrected chi connectivity index (χ1v) is 11.4. The highest BCUT2D eigenvalue weighted by molar-refractivity contribution is 6.03. The molecule has 0 bridgehead atoms. The van der Waals surface area contributed by atoms with E-state index in [4.69, 9.17) is 4.98 Å². The first-order chi connectivity index (χ1) is 16.0. The highest BCUT2D eigenvalue weighted by Crippen LogP contribution is 2.35. The van der Waals surface area contributed by atoms with E-state index in [-0.39, 0.29) is 18.3 Å². The third-order valence-electron chi connectivity index (χ3n) is 6.38. The maximum atomic E-state index is 14.3. The van der Waals surface area contributed by atoms with Crippen molar-refractivity contribution >= 4 is 16.9 Å². The van der Waals surface area contributed by atoms with Crippen LogP contribution in [0.2, 0.25) is 0 Å². The Morgan fingerprint density at radius 2 is 2.03 bits per heavy atom. The molecule has 0 saturated heterocycles. The van der Waals surface area contributed by atoms with Gasteiger partial charge in [-0.15, -0.1) is 0 Å². The number of halogens is 1. The van der Waals surface area contributed by atoms with Gasteiger partial charge in [-0.1, -0.05) is 12.8 Å². The van der Waals surface area contributed by atoms with Crippen LogP contribution in [0.4, 0.5) is 4.39 Å². The SMILES string of the molecule is CCn1c(C2CCCC2)nc2ccnc(C(=O)NCc3cc(F)cc(-c4cnn(C)c4)c3)c21. The van der Waals surface area contributed by atoms with Crippen LogP contribution >= 0.6 is 0 Å². The van der Waals surface area contributed by atoms with Gasteiger partial charge in [-0.3, -0.25) is 9.48 Å². The molecule has 5 rings (SSSR count). The van der Waals surface area contributed by atoms with Gasteiger partial charge in [0.25, 0.3) is 5.91 Å². The lowest BCUT2D eigenvalue weighted by atomic mass is 10.1. The molecule has 1 aliphatic rings. The second-order valence-corrected chi connectivity index (χ2v) is 8.66. The van der Waals surface area contributed by atoms with Crippen LogP contribution in [0.15, 0.2) is 42.9 Å². The van der Waals surface area contributed by atoms with Crippen LogP contribution < -0.4 is 5.32 Å². The van der Waals surface area contributed by atoms with E-state index in [1.54, 1.807) is 17.1 Å². The Morgan fingerprint density at radius 3 is 2.76 bits per heavy atom. The lowest BCUT2D eigenvalue weighted by molar-refractivity contribution is 0.0947. The van der Waals surface area contributed by atoms with Crippen molar-refractivity contribution in [1.82, 2.24) is 29.6 Å². The number of fused-ring (bicyclic) bond motifs is 1. The molecule has 1 N–H and O–H groups in total. The predicted molar refractivity (Wildman–Crippen MR) is 124 cm³/mol. The second kappa shape index (κ2) is 8.77. The molecule has 0 spiro atoms. The number of carbonyl (C=O) groups excluding carboxylic acids is 1. The monoisotopic (exact) mass is 446 g/mol. The summed E-state index contributed by atoms with van der Waals surface area (Å²) in [4.78, 5) is 22.4. The van der Waals surface area contributed by atoms with Gasteiger partial charge >= 0.3 is 0 Å². The summed E-state index contributed by atoms with van der Waals surface area (Å²) in [5, 5.41) is 7.07. The molecule has 4 aromatic rings. The maximum absolute atomic E-state index is 14.3. The van der Waals surface area contributed by atoms with Crippen molar-refractivity contribution in [3.8, 4) is 11.1 Å². The number of hydrogen-bond donors (Lipinski definition) is 1. The fourth-order valence-electron chi connectivity index (χ4n) is 4.84. The Hall–Kier alpha value is -3.55. The quantitative estimate of drug-likeness (QED) is 0.470. The number of carbonyl (C=O) groups is 1. The van der Waals surface area contributed by atoms with E-state index in [9.17, 15) is 9.18 Å². The molecular formula is C25H27FN6O. The minimum atomic E-state index is -0.355. The first kappa shape index (κ1) is 21.3. The minimum Gasteiger partial charge on any atom is -0.347 e. The van der Waals surface area contributed by atoms with Gasteiger partial charge < -0.3 is 9.88 Å². The normalized spacial score (nSPS) is 14.3. The van der Waals surface area contributed by atoms with Gasteiger partial charge in [0.2, 0.25) is 0 Å². The Balaban J connectivity index is 1.41. The number of aryl methyl sites for hydroxylation is 2. The smallest absolute Gasteiger partial charge is 0.272 e. The number of amides is 1. The van der Waals surface area contributed by atoms with Crippen molar-refractivity contribution in [3.63, 3.8) is 0 Å². The summed E-state index contributed by atoms with van der Waals surface area (Å²) in [6.07, 6.45) is 9.86. The van der Waals surface area contributed by atoms with Crippen LogP contribution in [0.3, 0.4) is 0 Å². The number of pyridine rings is 1. The van der Waals surface area contributed by atoms with Gasteiger partial charge in [0.1, 0.15) is 11.6 Å². The molecule has 1 fully saturated rings. The highest BCUT2D eigenvalue weighted by Gasteiger charge is 2.26. The van der Waals surface area contributed by atoms with Gasteiger partial charge in [-0.05, 0) is 55.2 Å². The summed E-state index contributed by atoms with van der Waals surface area (Å²) in [6, 6.07) is 6.63. The van der Waals surface area contributed by atoms with E-state index in [1.807, 2.05) is 25.4 Å². The van der Waals surface area contributed by atoms with Crippen molar-refractivity contribution in [2.24, 2.45) is 7.05 Å². The standard InChI is InChI=1S/C25H27FN6O/c1-3-32-23-21(30-24(32)17-6-4-5-7-17)8-9-27-22(23)25(33)28-13-16-10-18(12-20(26)11-16)19-14-29-31(2)15-19/h8-12,14-15,17H,3-7,13H2,1-2H3,(H,28,33). The molecule has 7 nitrogen and oxygen atoms in total. The number of nitrogens with zero attached hydrogens (tertiary/aromatic N) is 5. The average molecular weight is 447 g/mol. The Bertz CT molecular complexity index is 1320. The van der Waals surface area contributed by atoms with Crippen LogP contribution in [-0.2, 0) is 20.1 Å². The summed E-state index contributed by atoms with van der Waals surface area (Å²) in [5.74, 6) is 0.844. The second-order valence-electron chi connectivity index (χ2n) is 8.66. The third-order valence-corrected chi connectivity index (χ3v) is 6.38.